The third-order valence-corrected chi connectivity index (χ3v) is 5.06. The van der Waals surface area contributed by atoms with Crippen molar-refractivity contribution >= 4 is 21.6 Å². The molecule has 0 spiro atoms. The van der Waals surface area contributed by atoms with Gasteiger partial charge in [0.1, 0.15) is 0 Å². The molecule has 6 heteroatoms. The quantitative estimate of drug-likeness (QED) is 0.834. The first kappa shape index (κ1) is 16.0. The van der Waals surface area contributed by atoms with Crippen molar-refractivity contribution in [1.29, 1.82) is 0 Å². The fraction of sp³-hybridized carbons (Fsp3) is 0.533. The van der Waals surface area contributed by atoms with Crippen molar-refractivity contribution in [1.82, 2.24) is 4.72 Å². The normalized spacial score (nSPS) is 19.2. The van der Waals surface area contributed by atoms with E-state index < -0.39 is 10.0 Å². The van der Waals surface area contributed by atoms with E-state index in [0.29, 0.717) is 25.9 Å². The standard InChI is InChI=1S/C15H22N2O3S/c1-2-3-9-21(19,20)16-11-13-10-15(18)17(12-13)14-7-5-4-6-8-14/h4-8,13,16H,2-3,9-12H2,1H3. The number of rotatable bonds is 7. The Hall–Kier alpha value is -1.40. The maximum Gasteiger partial charge on any atom is 0.227 e. The second kappa shape index (κ2) is 7.04. The van der Waals surface area contributed by atoms with Gasteiger partial charge in [0.15, 0.2) is 0 Å². The van der Waals surface area contributed by atoms with Gasteiger partial charge in [-0.1, -0.05) is 31.5 Å². The summed E-state index contributed by atoms with van der Waals surface area (Å²) in [6.45, 7) is 2.86. The molecule has 0 saturated carbocycles. The Morgan fingerprint density at radius 2 is 2.00 bits per heavy atom. The van der Waals surface area contributed by atoms with Crippen molar-refractivity contribution in [3.8, 4) is 0 Å². The van der Waals surface area contributed by atoms with Gasteiger partial charge in [0.25, 0.3) is 0 Å². The first-order valence-corrected chi connectivity index (χ1v) is 9.00. The predicted octanol–water partition coefficient (Wildman–Crippen LogP) is 1.76. The van der Waals surface area contributed by atoms with E-state index in [0.717, 1.165) is 12.1 Å². The third kappa shape index (κ3) is 4.54. The number of anilines is 1. The van der Waals surface area contributed by atoms with E-state index in [-0.39, 0.29) is 17.6 Å². The van der Waals surface area contributed by atoms with E-state index in [1.165, 1.54) is 0 Å². The lowest BCUT2D eigenvalue weighted by Crippen LogP contribution is -2.32. The summed E-state index contributed by atoms with van der Waals surface area (Å²) < 4.78 is 26.2. The Morgan fingerprint density at radius 3 is 2.67 bits per heavy atom. The van der Waals surface area contributed by atoms with Gasteiger partial charge in [0.2, 0.25) is 15.9 Å². The van der Waals surface area contributed by atoms with Crippen molar-refractivity contribution in [2.45, 2.75) is 26.2 Å². The smallest absolute Gasteiger partial charge is 0.227 e. The van der Waals surface area contributed by atoms with Gasteiger partial charge >= 0.3 is 0 Å². The molecule has 1 saturated heterocycles. The summed E-state index contributed by atoms with van der Waals surface area (Å²) in [6.07, 6.45) is 1.91. The molecule has 0 aromatic heterocycles. The molecule has 1 heterocycles. The molecule has 1 aliphatic heterocycles. The molecule has 21 heavy (non-hydrogen) atoms. The molecule has 1 atom stereocenters. The number of hydrogen-bond donors (Lipinski definition) is 1. The number of amides is 1. The molecule has 1 aromatic rings. The van der Waals surface area contributed by atoms with Gasteiger partial charge in [-0.3, -0.25) is 4.79 Å². The molecule has 1 aliphatic rings. The van der Waals surface area contributed by atoms with Crippen LogP contribution >= 0.6 is 0 Å². The molecule has 5 nitrogen and oxygen atoms in total. The molecule has 0 radical (unpaired) electrons. The lowest BCUT2D eigenvalue weighted by atomic mass is 10.1. The van der Waals surface area contributed by atoms with Gasteiger partial charge in [-0.2, -0.15) is 0 Å². The minimum Gasteiger partial charge on any atom is -0.312 e. The number of benzene rings is 1. The minimum atomic E-state index is -3.21. The highest BCUT2D eigenvalue weighted by Crippen LogP contribution is 2.24. The summed E-state index contributed by atoms with van der Waals surface area (Å²) in [5.41, 5.74) is 0.874. The Kier molecular flexibility index (Phi) is 5.36. The van der Waals surface area contributed by atoms with Crippen LogP contribution in [0.2, 0.25) is 0 Å². The van der Waals surface area contributed by atoms with Crippen LogP contribution in [0.4, 0.5) is 5.69 Å². The number of carbonyl (C=O) groups excluding carboxylic acids is 1. The molecule has 116 valence electrons. The predicted molar refractivity (Wildman–Crippen MR) is 83.6 cm³/mol. The first-order chi connectivity index (χ1) is 10.0. The van der Waals surface area contributed by atoms with Crippen LogP contribution in [0.3, 0.4) is 0 Å². The van der Waals surface area contributed by atoms with Crippen LogP contribution in [-0.4, -0.2) is 33.2 Å². The Balaban J connectivity index is 1.89. The summed E-state index contributed by atoms with van der Waals surface area (Å²) in [6, 6.07) is 9.48. The highest BCUT2D eigenvalue weighted by molar-refractivity contribution is 7.89. The van der Waals surface area contributed by atoms with Gasteiger partial charge in [0, 0.05) is 25.2 Å². The zero-order valence-electron chi connectivity index (χ0n) is 12.3. The van der Waals surface area contributed by atoms with Crippen LogP contribution in [0.25, 0.3) is 0 Å². The summed E-state index contributed by atoms with van der Waals surface area (Å²) in [5, 5.41) is 0. The van der Waals surface area contributed by atoms with Gasteiger partial charge in [-0.25, -0.2) is 13.1 Å². The largest absolute Gasteiger partial charge is 0.312 e. The van der Waals surface area contributed by atoms with Gasteiger partial charge < -0.3 is 4.90 Å². The van der Waals surface area contributed by atoms with E-state index in [1.54, 1.807) is 4.90 Å². The number of unbranched alkanes of at least 4 members (excludes halogenated alkanes) is 1. The molecule has 0 aliphatic carbocycles. The van der Waals surface area contributed by atoms with Crippen LogP contribution in [0.1, 0.15) is 26.2 Å². The lowest BCUT2D eigenvalue weighted by Gasteiger charge is -2.16. The Bertz CT molecular complexity index is 572. The van der Waals surface area contributed by atoms with E-state index in [1.807, 2.05) is 37.3 Å². The van der Waals surface area contributed by atoms with E-state index in [9.17, 15) is 13.2 Å². The fourth-order valence-electron chi connectivity index (χ4n) is 2.43. The van der Waals surface area contributed by atoms with E-state index in [2.05, 4.69) is 4.72 Å². The summed E-state index contributed by atoms with van der Waals surface area (Å²) in [7, 11) is -3.21. The number of carbonyl (C=O) groups is 1. The second-order valence-electron chi connectivity index (χ2n) is 5.43. The summed E-state index contributed by atoms with van der Waals surface area (Å²) in [5.74, 6) is 0.250. The van der Waals surface area contributed by atoms with Crippen LogP contribution in [-0.2, 0) is 14.8 Å². The molecule has 2 rings (SSSR count). The number of hydrogen-bond acceptors (Lipinski definition) is 3. The minimum absolute atomic E-state index is 0.0362. The number of para-hydroxylation sites is 1. The number of nitrogens with one attached hydrogen (secondary N) is 1. The Morgan fingerprint density at radius 1 is 1.29 bits per heavy atom. The van der Waals surface area contributed by atoms with Gasteiger partial charge in [0.05, 0.1) is 5.75 Å². The van der Waals surface area contributed by atoms with Crippen LogP contribution in [0, 0.1) is 5.92 Å². The molecule has 1 unspecified atom stereocenters. The fourth-order valence-corrected chi connectivity index (χ4v) is 3.73. The Labute approximate surface area is 126 Å². The van der Waals surface area contributed by atoms with Crippen molar-refractivity contribution in [2.75, 3.05) is 23.7 Å². The average molecular weight is 310 g/mol. The first-order valence-electron chi connectivity index (χ1n) is 7.34. The second-order valence-corrected chi connectivity index (χ2v) is 7.36. The van der Waals surface area contributed by atoms with Gasteiger partial charge in [-0.15, -0.1) is 0 Å². The monoisotopic (exact) mass is 310 g/mol. The molecular weight excluding hydrogens is 288 g/mol. The maximum absolute atomic E-state index is 12.0. The zero-order chi connectivity index (χ0) is 15.3. The highest BCUT2D eigenvalue weighted by Gasteiger charge is 2.31. The molecular formula is C15H22N2O3S. The maximum atomic E-state index is 12.0. The van der Waals surface area contributed by atoms with Crippen molar-refractivity contribution in [2.24, 2.45) is 5.92 Å². The van der Waals surface area contributed by atoms with Gasteiger partial charge in [-0.05, 0) is 24.5 Å². The lowest BCUT2D eigenvalue weighted by molar-refractivity contribution is -0.117. The van der Waals surface area contributed by atoms with Crippen LogP contribution in [0.5, 0.6) is 0 Å². The zero-order valence-corrected chi connectivity index (χ0v) is 13.1. The van der Waals surface area contributed by atoms with E-state index in [4.69, 9.17) is 0 Å². The summed E-state index contributed by atoms with van der Waals surface area (Å²) in [4.78, 5) is 13.8. The SMILES string of the molecule is CCCCS(=O)(=O)NCC1CC(=O)N(c2ccccc2)C1. The van der Waals surface area contributed by atoms with E-state index >= 15 is 0 Å². The molecule has 1 N–H and O–H groups in total. The topological polar surface area (TPSA) is 66.5 Å². The molecule has 1 fully saturated rings. The molecule has 0 bridgehead atoms. The number of nitrogens with zero attached hydrogens (tertiary/aromatic N) is 1. The average Bonchev–Trinajstić information content (AvgIpc) is 2.85. The van der Waals surface area contributed by atoms with Crippen molar-refractivity contribution in [3.05, 3.63) is 30.3 Å². The molecule has 1 amide bonds. The molecule has 1 aromatic carbocycles. The highest BCUT2D eigenvalue weighted by atomic mass is 32.2. The van der Waals surface area contributed by atoms with Crippen LogP contribution in [0.15, 0.2) is 30.3 Å². The number of sulfonamides is 1. The van der Waals surface area contributed by atoms with Crippen LogP contribution < -0.4 is 9.62 Å². The van der Waals surface area contributed by atoms with Crippen molar-refractivity contribution < 1.29 is 13.2 Å². The summed E-state index contributed by atoms with van der Waals surface area (Å²) >= 11 is 0. The third-order valence-electron chi connectivity index (χ3n) is 3.63. The van der Waals surface area contributed by atoms with Crippen molar-refractivity contribution in [3.63, 3.8) is 0 Å².